The van der Waals surface area contributed by atoms with Gasteiger partial charge in [0.25, 0.3) is 0 Å². The molecule has 2 heterocycles. The number of fused-ring (bicyclic) bond motifs is 1. The summed E-state index contributed by atoms with van der Waals surface area (Å²) >= 11 is 0. The summed E-state index contributed by atoms with van der Waals surface area (Å²) in [5, 5.41) is 5.44. The largest absolute Gasteiger partial charge is 0.308 e. The van der Waals surface area contributed by atoms with Gasteiger partial charge in [-0.25, -0.2) is 4.39 Å². The number of hydrogen-bond donors (Lipinski definition) is 1. The van der Waals surface area contributed by atoms with Crippen LogP contribution in [0.4, 0.5) is 4.39 Å². The quantitative estimate of drug-likeness (QED) is 0.792. The van der Waals surface area contributed by atoms with E-state index in [1.807, 2.05) is 31.4 Å². The van der Waals surface area contributed by atoms with Gasteiger partial charge in [-0.15, -0.1) is 0 Å². The van der Waals surface area contributed by atoms with Crippen LogP contribution in [0.5, 0.6) is 0 Å². The molecule has 3 rings (SSSR count). The standard InChI is InChI=1S/C16H14FN3/c1-18-16(15-6-5-12(17)10-20-15)14-4-2-3-11-9-19-8-7-13(11)14/h2-10,16,18H,1H3. The molecule has 100 valence electrons. The zero-order valence-corrected chi connectivity index (χ0v) is 11.0. The fourth-order valence-electron chi connectivity index (χ4n) is 2.42. The first kappa shape index (κ1) is 12.7. The van der Waals surface area contributed by atoms with Gasteiger partial charge in [0.05, 0.1) is 17.9 Å². The number of benzene rings is 1. The van der Waals surface area contributed by atoms with Gasteiger partial charge < -0.3 is 5.32 Å². The van der Waals surface area contributed by atoms with Crippen LogP contribution in [0, 0.1) is 5.82 Å². The Balaban J connectivity index is 2.14. The van der Waals surface area contributed by atoms with Crippen molar-refractivity contribution in [3.05, 3.63) is 72.1 Å². The van der Waals surface area contributed by atoms with E-state index in [4.69, 9.17) is 0 Å². The normalized spacial score (nSPS) is 12.5. The molecule has 0 saturated heterocycles. The van der Waals surface area contributed by atoms with Gasteiger partial charge in [0.2, 0.25) is 0 Å². The highest BCUT2D eigenvalue weighted by Gasteiger charge is 2.15. The van der Waals surface area contributed by atoms with Crippen molar-refractivity contribution in [1.29, 1.82) is 0 Å². The molecule has 1 unspecified atom stereocenters. The molecule has 3 aromatic rings. The molecule has 20 heavy (non-hydrogen) atoms. The number of pyridine rings is 2. The fourth-order valence-corrected chi connectivity index (χ4v) is 2.42. The number of nitrogens with one attached hydrogen (secondary N) is 1. The van der Waals surface area contributed by atoms with Crippen LogP contribution >= 0.6 is 0 Å². The molecule has 0 spiro atoms. The molecule has 3 nitrogen and oxygen atoms in total. The molecule has 0 aliphatic carbocycles. The lowest BCUT2D eigenvalue weighted by Crippen LogP contribution is -2.19. The Labute approximate surface area is 116 Å². The van der Waals surface area contributed by atoms with Gasteiger partial charge in [0, 0.05) is 17.8 Å². The molecule has 0 radical (unpaired) electrons. The van der Waals surface area contributed by atoms with Gasteiger partial charge in [-0.3, -0.25) is 9.97 Å². The second-order valence-electron chi connectivity index (χ2n) is 4.57. The van der Waals surface area contributed by atoms with Crippen molar-refractivity contribution >= 4 is 10.8 Å². The molecule has 0 amide bonds. The molecular formula is C16H14FN3. The summed E-state index contributed by atoms with van der Waals surface area (Å²) in [5.74, 6) is -0.328. The van der Waals surface area contributed by atoms with Crippen molar-refractivity contribution in [3.63, 3.8) is 0 Å². The molecule has 4 heteroatoms. The summed E-state index contributed by atoms with van der Waals surface area (Å²) in [6.45, 7) is 0. The average molecular weight is 267 g/mol. The Bertz CT molecular complexity index is 720. The number of halogens is 1. The molecule has 0 saturated carbocycles. The minimum Gasteiger partial charge on any atom is -0.308 e. The van der Waals surface area contributed by atoms with Crippen LogP contribution < -0.4 is 5.32 Å². The van der Waals surface area contributed by atoms with Crippen molar-refractivity contribution in [1.82, 2.24) is 15.3 Å². The second kappa shape index (κ2) is 5.35. The van der Waals surface area contributed by atoms with Crippen molar-refractivity contribution in [2.75, 3.05) is 7.05 Å². The van der Waals surface area contributed by atoms with Crippen LogP contribution in [0.2, 0.25) is 0 Å². The number of hydrogen-bond acceptors (Lipinski definition) is 3. The average Bonchev–Trinajstić information content (AvgIpc) is 2.50. The number of rotatable bonds is 3. The Morgan fingerprint density at radius 3 is 2.75 bits per heavy atom. The molecule has 0 aliphatic rings. The zero-order valence-electron chi connectivity index (χ0n) is 11.0. The Kier molecular flexibility index (Phi) is 3.39. The molecule has 0 fully saturated rings. The third-order valence-corrected chi connectivity index (χ3v) is 3.36. The van der Waals surface area contributed by atoms with Gasteiger partial charge in [-0.2, -0.15) is 0 Å². The Morgan fingerprint density at radius 1 is 1.10 bits per heavy atom. The van der Waals surface area contributed by atoms with Crippen LogP contribution in [0.3, 0.4) is 0 Å². The molecule has 0 bridgehead atoms. The van der Waals surface area contributed by atoms with Gasteiger partial charge in [0.15, 0.2) is 0 Å². The van der Waals surface area contributed by atoms with E-state index in [-0.39, 0.29) is 11.9 Å². The van der Waals surface area contributed by atoms with Crippen molar-refractivity contribution in [3.8, 4) is 0 Å². The maximum atomic E-state index is 13.0. The first-order valence-electron chi connectivity index (χ1n) is 6.41. The maximum Gasteiger partial charge on any atom is 0.141 e. The van der Waals surface area contributed by atoms with E-state index in [2.05, 4.69) is 21.4 Å². The molecule has 2 aromatic heterocycles. The number of aromatic nitrogens is 2. The van der Waals surface area contributed by atoms with Crippen molar-refractivity contribution in [2.24, 2.45) is 0 Å². The first-order valence-corrected chi connectivity index (χ1v) is 6.41. The Morgan fingerprint density at radius 2 is 2.00 bits per heavy atom. The highest BCUT2D eigenvalue weighted by molar-refractivity contribution is 5.85. The SMILES string of the molecule is CNC(c1ccc(F)cn1)c1cccc2cnccc12. The van der Waals surface area contributed by atoms with E-state index in [9.17, 15) is 4.39 Å². The van der Waals surface area contributed by atoms with E-state index in [1.54, 1.807) is 12.3 Å². The Hall–Kier alpha value is -2.33. The highest BCUT2D eigenvalue weighted by Crippen LogP contribution is 2.27. The number of nitrogens with zero attached hydrogens (tertiary/aromatic N) is 2. The lowest BCUT2D eigenvalue weighted by Gasteiger charge is -2.18. The fraction of sp³-hybridized carbons (Fsp3) is 0.125. The second-order valence-corrected chi connectivity index (χ2v) is 4.57. The third-order valence-electron chi connectivity index (χ3n) is 3.36. The summed E-state index contributed by atoms with van der Waals surface area (Å²) in [6.07, 6.45) is 4.85. The van der Waals surface area contributed by atoms with Crippen LogP contribution in [-0.4, -0.2) is 17.0 Å². The van der Waals surface area contributed by atoms with Crippen LogP contribution in [0.15, 0.2) is 55.0 Å². The first-order chi connectivity index (χ1) is 9.79. The monoisotopic (exact) mass is 267 g/mol. The smallest absolute Gasteiger partial charge is 0.141 e. The molecule has 0 aliphatic heterocycles. The predicted molar refractivity (Wildman–Crippen MR) is 76.8 cm³/mol. The zero-order chi connectivity index (χ0) is 13.9. The predicted octanol–water partition coefficient (Wildman–Crippen LogP) is 3.08. The van der Waals surface area contributed by atoms with Crippen LogP contribution in [-0.2, 0) is 0 Å². The van der Waals surface area contributed by atoms with Gasteiger partial charge in [0.1, 0.15) is 5.82 Å². The van der Waals surface area contributed by atoms with E-state index in [0.29, 0.717) is 0 Å². The van der Waals surface area contributed by atoms with Gasteiger partial charge in [-0.05, 0) is 36.2 Å². The molecular weight excluding hydrogens is 253 g/mol. The van der Waals surface area contributed by atoms with Gasteiger partial charge >= 0.3 is 0 Å². The summed E-state index contributed by atoms with van der Waals surface area (Å²) in [5.41, 5.74) is 1.89. The maximum absolute atomic E-state index is 13.0. The summed E-state index contributed by atoms with van der Waals surface area (Å²) in [7, 11) is 1.87. The molecule has 1 atom stereocenters. The highest BCUT2D eigenvalue weighted by atomic mass is 19.1. The topological polar surface area (TPSA) is 37.8 Å². The van der Waals surface area contributed by atoms with Crippen molar-refractivity contribution < 1.29 is 4.39 Å². The minimum absolute atomic E-state index is 0.0818. The van der Waals surface area contributed by atoms with Crippen LogP contribution in [0.25, 0.3) is 10.8 Å². The lowest BCUT2D eigenvalue weighted by molar-refractivity contribution is 0.610. The van der Waals surface area contributed by atoms with Crippen LogP contribution in [0.1, 0.15) is 17.3 Å². The molecule has 1 N–H and O–H groups in total. The third kappa shape index (κ3) is 2.26. The summed E-state index contributed by atoms with van der Waals surface area (Å²) < 4.78 is 13.0. The lowest BCUT2D eigenvalue weighted by atomic mass is 9.97. The van der Waals surface area contributed by atoms with E-state index < -0.39 is 0 Å². The van der Waals surface area contributed by atoms with E-state index in [0.717, 1.165) is 22.0 Å². The van der Waals surface area contributed by atoms with E-state index >= 15 is 0 Å². The van der Waals surface area contributed by atoms with Gasteiger partial charge in [-0.1, -0.05) is 18.2 Å². The summed E-state index contributed by atoms with van der Waals surface area (Å²) in [6, 6.07) is 11.1. The van der Waals surface area contributed by atoms with Crippen molar-refractivity contribution in [2.45, 2.75) is 6.04 Å². The minimum atomic E-state index is -0.328. The summed E-state index contributed by atoms with van der Waals surface area (Å²) in [4.78, 5) is 8.32. The van der Waals surface area contributed by atoms with E-state index in [1.165, 1.54) is 12.3 Å². The molecule has 1 aromatic carbocycles.